The highest BCUT2D eigenvalue weighted by Gasteiger charge is 2.17. The van der Waals surface area contributed by atoms with E-state index in [4.69, 9.17) is 4.74 Å². The first-order chi connectivity index (χ1) is 9.74. The van der Waals surface area contributed by atoms with Crippen molar-refractivity contribution < 1.29 is 9.53 Å². The lowest BCUT2D eigenvalue weighted by Gasteiger charge is -2.26. The first-order valence-electron chi connectivity index (χ1n) is 6.74. The van der Waals surface area contributed by atoms with Crippen LogP contribution >= 0.6 is 0 Å². The molecule has 0 spiro atoms. The molecule has 1 fully saturated rings. The van der Waals surface area contributed by atoms with Gasteiger partial charge in [-0.25, -0.2) is 9.78 Å². The average molecular weight is 271 g/mol. The van der Waals surface area contributed by atoms with Crippen LogP contribution in [0.4, 0.5) is 10.6 Å². The van der Waals surface area contributed by atoms with Gasteiger partial charge in [-0.1, -0.05) is 18.2 Å². The lowest BCUT2D eigenvalue weighted by molar-refractivity contribution is 0.0564. The van der Waals surface area contributed by atoms with Crippen molar-refractivity contribution in [3.05, 3.63) is 35.9 Å². The third kappa shape index (κ3) is 2.58. The molecule has 2 heterocycles. The molecular formula is C15H17N3O2. The van der Waals surface area contributed by atoms with Gasteiger partial charge in [0.2, 0.25) is 0 Å². The highest BCUT2D eigenvalue weighted by Crippen LogP contribution is 2.20. The number of hydrogen-bond acceptors (Lipinski definition) is 3. The number of nitrogens with zero attached hydrogens (tertiary/aromatic N) is 2. The number of rotatable bonds is 1. The van der Waals surface area contributed by atoms with E-state index in [9.17, 15) is 4.79 Å². The molecule has 0 atom stereocenters. The third-order valence-electron chi connectivity index (χ3n) is 3.46. The molecule has 5 heteroatoms. The van der Waals surface area contributed by atoms with E-state index in [1.165, 1.54) is 0 Å². The Balaban J connectivity index is 1.81. The summed E-state index contributed by atoms with van der Waals surface area (Å²) in [6.45, 7) is 4.46. The number of carbonyl (C=O) groups excluding carboxylic acids is 1. The van der Waals surface area contributed by atoms with E-state index in [1.54, 1.807) is 4.90 Å². The van der Waals surface area contributed by atoms with Gasteiger partial charge in [0.05, 0.1) is 18.7 Å². The van der Waals surface area contributed by atoms with Crippen LogP contribution in [0.15, 0.2) is 30.3 Å². The molecule has 2 aromatic rings. The Morgan fingerprint density at radius 3 is 2.85 bits per heavy atom. The number of pyridine rings is 1. The molecule has 0 aliphatic carbocycles. The van der Waals surface area contributed by atoms with E-state index in [-0.39, 0.29) is 6.03 Å². The van der Waals surface area contributed by atoms with E-state index < -0.39 is 0 Å². The maximum atomic E-state index is 12.1. The van der Waals surface area contributed by atoms with Gasteiger partial charge in [-0.05, 0) is 24.6 Å². The summed E-state index contributed by atoms with van der Waals surface area (Å²) in [4.78, 5) is 18.4. The number of urea groups is 1. The van der Waals surface area contributed by atoms with Crippen LogP contribution in [0, 0.1) is 6.92 Å². The number of hydrogen-bond donors (Lipinski definition) is 1. The number of ether oxygens (including phenoxy) is 1. The number of fused-ring (bicyclic) bond motifs is 1. The molecule has 1 aliphatic rings. The number of carbonyl (C=O) groups is 1. The minimum atomic E-state index is -0.115. The Bertz CT molecular complexity index is 636. The van der Waals surface area contributed by atoms with Crippen LogP contribution in [-0.2, 0) is 4.74 Å². The Morgan fingerprint density at radius 1 is 1.30 bits per heavy atom. The summed E-state index contributed by atoms with van der Waals surface area (Å²) in [5, 5.41) is 3.97. The van der Waals surface area contributed by atoms with Crippen molar-refractivity contribution in [1.82, 2.24) is 9.88 Å². The monoisotopic (exact) mass is 271 g/mol. The van der Waals surface area contributed by atoms with Crippen LogP contribution in [0.3, 0.4) is 0 Å². The van der Waals surface area contributed by atoms with Gasteiger partial charge in [0.1, 0.15) is 5.82 Å². The first-order valence-corrected chi connectivity index (χ1v) is 6.74. The van der Waals surface area contributed by atoms with E-state index >= 15 is 0 Å². The molecule has 0 saturated carbocycles. The molecule has 5 nitrogen and oxygen atoms in total. The first kappa shape index (κ1) is 12.9. The fraction of sp³-hybridized carbons (Fsp3) is 0.333. The Morgan fingerprint density at radius 2 is 2.05 bits per heavy atom. The van der Waals surface area contributed by atoms with Gasteiger partial charge in [-0.2, -0.15) is 0 Å². The van der Waals surface area contributed by atoms with Crippen molar-refractivity contribution >= 4 is 22.8 Å². The highest BCUT2D eigenvalue weighted by molar-refractivity contribution is 5.91. The van der Waals surface area contributed by atoms with Crippen molar-refractivity contribution in [3.63, 3.8) is 0 Å². The minimum absolute atomic E-state index is 0.115. The predicted molar refractivity (Wildman–Crippen MR) is 77.9 cm³/mol. The average Bonchev–Trinajstić information content (AvgIpc) is 2.48. The van der Waals surface area contributed by atoms with E-state index in [1.807, 2.05) is 37.3 Å². The van der Waals surface area contributed by atoms with Gasteiger partial charge in [-0.15, -0.1) is 0 Å². The summed E-state index contributed by atoms with van der Waals surface area (Å²) < 4.78 is 5.24. The molecule has 104 valence electrons. The maximum Gasteiger partial charge on any atom is 0.323 e. The molecule has 1 aromatic carbocycles. The number of para-hydroxylation sites is 1. The van der Waals surface area contributed by atoms with Crippen molar-refractivity contribution in [2.45, 2.75) is 6.92 Å². The summed E-state index contributed by atoms with van der Waals surface area (Å²) >= 11 is 0. The minimum Gasteiger partial charge on any atom is -0.378 e. The zero-order valence-electron chi connectivity index (χ0n) is 11.4. The lowest BCUT2D eigenvalue weighted by Crippen LogP contribution is -2.43. The fourth-order valence-corrected chi connectivity index (χ4v) is 2.37. The second kappa shape index (κ2) is 5.46. The number of anilines is 1. The number of aromatic nitrogens is 1. The normalized spacial score (nSPS) is 15.3. The molecule has 1 aromatic heterocycles. The van der Waals surface area contributed by atoms with Gasteiger partial charge in [0.15, 0.2) is 0 Å². The molecule has 0 unspecified atom stereocenters. The van der Waals surface area contributed by atoms with Crippen LogP contribution < -0.4 is 5.32 Å². The van der Waals surface area contributed by atoms with Crippen LogP contribution in [-0.4, -0.2) is 42.2 Å². The van der Waals surface area contributed by atoms with Gasteiger partial charge in [-0.3, -0.25) is 5.32 Å². The summed E-state index contributed by atoms with van der Waals surface area (Å²) in [5.74, 6) is 0.595. The molecule has 0 radical (unpaired) electrons. The largest absolute Gasteiger partial charge is 0.378 e. The topological polar surface area (TPSA) is 54.5 Å². The number of amides is 2. The van der Waals surface area contributed by atoms with Crippen molar-refractivity contribution in [2.24, 2.45) is 0 Å². The summed E-state index contributed by atoms with van der Waals surface area (Å²) in [6.07, 6.45) is 0. The SMILES string of the molecule is Cc1cc(NC(=O)N2CCOCC2)nc2ccccc12. The van der Waals surface area contributed by atoms with Gasteiger partial charge in [0.25, 0.3) is 0 Å². The zero-order chi connectivity index (χ0) is 13.9. The number of aryl methyl sites for hydroxylation is 1. The van der Waals surface area contributed by atoms with Crippen LogP contribution in [0.25, 0.3) is 10.9 Å². The summed E-state index contributed by atoms with van der Waals surface area (Å²) in [7, 11) is 0. The van der Waals surface area contributed by atoms with Crippen LogP contribution in [0.2, 0.25) is 0 Å². The standard InChI is InChI=1S/C15H17N3O2/c1-11-10-14(16-13-5-3-2-4-12(11)13)17-15(19)18-6-8-20-9-7-18/h2-5,10H,6-9H2,1H3,(H,16,17,19). The molecule has 20 heavy (non-hydrogen) atoms. The quantitative estimate of drug-likeness (QED) is 0.866. The van der Waals surface area contributed by atoms with E-state index in [0.717, 1.165) is 16.5 Å². The second-order valence-electron chi connectivity index (χ2n) is 4.87. The molecular weight excluding hydrogens is 254 g/mol. The van der Waals surface area contributed by atoms with Crippen molar-refractivity contribution in [2.75, 3.05) is 31.6 Å². The van der Waals surface area contributed by atoms with Crippen molar-refractivity contribution in [3.8, 4) is 0 Å². The Hall–Kier alpha value is -2.14. The van der Waals surface area contributed by atoms with E-state index in [2.05, 4.69) is 10.3 Å². The number of benzene rings is 1. The molecule has 1 saturated heterocycles. The fourth-order valence-electron chi connectivity index (χ4n) is 2.37. The Labute approximate surface area is 117 Å². The van der Waals surface area contributed by atoms with Gasteiger partial charge >= 0.3 is 6.03 Å². The second-order valence-corrected chi connectivity index (χ2v) is 4.87. The van der Waals surface area contributed by atoms with E-state index in [0.29, 0.717) is 32.1 Å². The van der Waals surface area contributed by atoms with Gasteiger partial charge in [0, 0.05) is 18.5 Å². The van der Waals surface area contributed by atoms with Crippen LogP contribution in [0.5, 0.6) is 0 Å². The summed E-state index contributed by atoms with van der Waals surface area (Å²) in [5.41, 5.74) is 2.00. The number of nitrogens with one attached hydrogen (secondary N) is 1. The maximum absolute atomic E-state index is 12.1. The highest BCUT2D eigenvalue weighted by atomic mass is 16.5. The Kier molecular flexibility index (Phi) is 3.52. The molecule has 2 amide bonds. The number of morpholine rings is 1. The van der Waals surface area contributed by atoms with Gasteiger partial charge < -0.3 is 9.64 Å². The predicted octanol–water partition coefficient (Wildman–Crippen LogP) is 2.41. The molecule has 0 bridgehead atoms. The van der Waals surface area contributed by atoms with Crippen LogP contribution in [0.1, 0.15) is 5.56 Å². The molecule has 3 rings (SSSR count). The third-order valence-corrected chi connectivity index (χ3v) is 3.46. The zero-order valence-corrected chi connectivity index (χ0v) is 11.4. The van der Waals surface area contributed by atoms with Crippen molar-refractivity contribution in [1.29, 1.82) is 0 Å². The molecule has 1 N–H and O–H groups in total. The summed E-state index contributed by atoms with van der Waals surface area (Å²) in [6, 6.07) is 9.71. The smallest absolute Gasteiger partial charge is 0.323 e. The lowest BCUT2D eigenvalue weighted by atomic mass is 10.1. The molecule has 1 aliphatic heterocycles.